The van der Waals surface area contributed by atoms with E-state index < -0.39 is 9.84 Å². The van der Waals surface area contributed by atoms with Gasteiger partial charge in [-0.05, 0) is 49.4 Å². The lowest BCUT2D eigenvalue weighted by atomic mass is 9.85. The third-order valence-electron chi connectivity index (χ3n) is 5.02. The van der Waals surface area contributed by atoms with Crippen molar-refractivity contribution in [3.05, 3.63) is 29.3 Å². The number of carbonyl (C=O) groups is 1. The summed E-state index contributed by atoms with van der Waals surface area (Å²) in [6.07, 6.45) is 5.66. The second kappa shape index (κ2) is 8.71. The van der Waals surface area contributed by atoms with Gasteiger partial charge in [-0.1, -0.05) is 24.4 Å². The van der Waals surface area contributed by atoms with Gasteiger partial charge in [-0.25, -0.2) is 8.42 Å². The van der Waals surface area contributed by atoms with Gasteiger partial charge >= 0.3 is 0 Å². The number of carbonyl (C=O) groups excluding carboxylic acids is 1. The molecule has 0 radical (unpaired) electrons. The minimum atomic E-state index is -3.41. The topological polar surface area (TPSA) is 75.3 Å². The number of hydrogen-bond acceptors (Lipinski definition) is 4. The maximum atomic E-state index is 12.3. The standard InChI is InChI=1S/C17H23ClN2O3S.ClH/c18-13-5-7-14(8-6-13)24(22,23)10-9-19-17(21)16-11-12-3-1-2-4-15(12)20-16;/h5-8,12,15-16,20H,1-4,9-11H2,(H,19,21);1H. The molecule has 1 aromatic carbocycles. The first kappa shape index (κ1) is 20.5. The molecule has 0 spiro atoms. The second-order valence-corrected chi connectivity index (χ2v) is 9.22. The molecule has 2 N–H and O–H groups in total. The van der Waals surface area contributed by atoms with Crippen molar-refractivity contribution in [1.82, 2.24) is 10.6 Å². The Labute approximate surface area is 160 Å². The van der Waals surface area contributed by atoms with Crippen molar-refractivity contribution < 1.29 is 13.2 Å². The molecule has 1 aliphatic carbocycles. The highest BCUT2D eigenvalue weighted by Gasteiger charge is 2.38. The SMILES string of the molecule is Cl.O=C(NCCS(=O)(=O)c1ccc(Cl)cc1)C1CC2CCCCC2N1. The van der Waals surface area contributed by atoms with E-state index in [0.29, 0.717) is 17.0 Å². The molecule has 140 valence electrons. The van der Waals surface area contributed by atoms with E-state index >= 15 is 0 Å². The number of nitrogens with one attached hydrogen (secondary N) is 2. The molecule has 2 aliphatic rings. The summed E-state index contributed by atoms with van der Waals surface area (Å²) in [5.74, 6) is 0.392. The van der Waals surface area contributed by atoms with Crippen LogP contribution in [0.15, 0.2) is 29.2 Å². The van der Waals surface area contributed by atoms with E-state index in [0.717, 1.165) is 12.8 Å². The van der Waals surface area contributed by atoms with Crippen LogP contribution in [-0.4, -0.2) is 38.7 Å². The summed E-state index contributed by atoms with van der Waals surface area (Å²) >= 11 is 5.77. The molecule has 25 heavy (non-hydrogen) atoms. The Balaban J connectivity index is 0.00000225. The smallest absolute Gasteiger partial charge is 0.237 e. The molecule has 3 rings (SSSR count). The zero-order valence-corrected chi connectivity index (χ0v) is 16.3. The first-order valence-electron chi connectivity index (χ1n) is 8.48. The summed E-state index contributed by atoms with van der Waals surface area (Å²) in [5, 5.41) is 6.66. The molecule has 1 aliphatic heterocycles. The maximum absolute atomic E-state index is 12.3. The molecule has 3 atom stereocenters. The molecule has 2 fully saturated rings. The molecule has 1 heterocycles. The lowest BCUT2D eigenvalue weighted by molar-refractivity contribution is -0.122. The number of amides is 1. The fourth-order valence-electron chi connectivity index (χ4n) is 3.71. The van der Waals surface area contributed by atoms with Gasteiger partial charge in [0.2, 0.25) is 5.91 Å². The third kappa shape index (κ3) is 5.09. The Morgan fingerprint density at radius 2 is 1.88 bits per heavy atom. The monoisotopic (exact) mass is 406 g/mol. The van der Waals surface area contributed by atoms with E-state index in [2.05, 4.69) is 10.6 Å². The number of hydrogen-bond donors (Lipinski definition) is 2. The quantitative estimate of drug-likeness (QED) is 0.787. The Hall–Kier alpha value is -0.820. The number of benzene rings is 1. The van der Waals surface area contributed by atoms with Gasteiger partial charge < -0.3 is 10.6 Å². The van der Waals surface area contributed by atoms with Crippen molar-refractivity contribution in [2.75, 3.05) is 12.3 Å². The molecule has 1 amide bonds. The van der Waals surface area contributed by atoms with Crippen molar-refractivity contribution >= 4 is 39.8 Å². The zero-order valence-electron chi connectivity index (χ0n) is 13.9. The Morgan fingerprint density at radius 3 is 2.56 bits per heavy atom. The molecule has 5 nitrogen and oxygen atoms in total. The van der Waals surface area contributed by atoms with Crippen LogP contribution in [0.1, 0.15) is 32.1 Å². The highest BCUT2D eigenvalue weighted by Crippen LogP contribution is 2.33. The summed E-state index contributed by atoms with van der Waals surface area (Å²) < 4.78 is 24.5. The maximum Gasteiger partial charge on any atom is 0.237 e. The highest BCUT2D eigenvalue weighted by atomic mass is 35.5. The van der Waals surface area contributed by atoms with Crippen LogP contribution in [0.2, 0.25) is 5.02 Å². The van der Waals surface area contributed by atoms with Gasteiger partial charge in [-0.15, -0.1) is 12.4 Å². The first-order chi connectivity index (χ1) is 11.5. The summed E-state index contributed by atoms with van der Waals surface area (Å²) in [6, 6.07) is 6.35. The fraction of sp³-hybridized carbons (Fsp3) is 0.588. The number of fused-ring (bicyclic) bond motifs is 1. The molecule has 1 saturated heterocycles. The van der Waals surface area contributed by atoms with Crippen molar-refractivity contribution in [1.29, 1.82) is 0 Å². The van der Waals surface area contributed by atoms with Crippen molar-refractivity contribution in [3.63, 3.8) is 0 Å². The van der Waals surface area contributed by atoms with Crippen LogP contribution in [0.5, 0.6) is 0 Å². The van der Waals surface area contributed by atoms with Crippen LogP contribution in [0, 0.1) is 5.92 Å². The summed E-state index contributed by atoms with van der Waals surface area (Å²) in [4.78, 5) is 12.5. The average molecular weight is 407 g/mol. The van der Waals surface area contributed by atoms with Gasteiger partial charge in [-0.2, -0.15) is 0 Å². The Morgan fingerprint density at radius 1 is 1.20 bits per heavy atom. The molecular formula is C17H24Cl2N2O3S. The van der Waals surface area contributed by atoms with Gasteiger partial charge in [0.1, 0.15) is 0 Å². The van der Waals surface area contributed by atoms with E-state index in [9.17, 15) is 13.2 Å². The number of halogens is 2. The second-order valence-electron chi connectivity index (χ2n) is 6.67. The van der Waals surface area contributed by atoms with Crippen molar-refractivity contribution in [3.8, 4) is 0 Å². The average Bonchev–Trinajstić information content (AvgIpc) is 2.99. The highest BCUT2D eigenvalue weighted by molar-refractivity contribution is 7.91. The predicted octanol–water partition coefficient (Wildman–Crippen LogP) is 2.57. The molecule has 0 aromatic heterocycles. The zero-order chi connectivity index (χ0) is 17.2. The largest absolute Gasteiger partial charge is 0.354 e. The van der Waals surface area contributed by atoms with Gasteiger partial charge in [0.25, 0.3) is 0 Å². The summed E-state index contributed by atoms with van der Waals surface area (Å²) in [7, 11) is -3.41. The first-order valence-corrected chi connectivity index (χ1v) is 10.5. The summed E-state index contributed by atoms with van der Waals surface area (Å²) in [6.45, 7) is 0.122. The van der Waals surface area contributed by atoms with Crippen LogP contribution in [0.25, 0.3) is 0 Å². The van der Waals surface area contributed by atoms with Crippen molar-refractivity contribution in [2.45, 2.75) is 49.1 Å². The van der Waals surface area contributed by atoms with Crippen LogP contribution < -0.4 is 10.6 Å². The molecule has 1 saturated carbocycles. The number of rotatable bonds is 5. The van der Waals surface area contributed by atoms with E-state index in [4.69, 9.17) is 11.6 Å². The minimum absolute atomic E-state index is 0. The van der Waals surface area contributed by atoms with Crippen LogP contribution >= 0.6 is 24.0 Å². The van der Waals surface area contributed by atoms with Gasteiger partial charge in [-0.3, -0.25) is 4.79 Å². The van der Waals surface area contributed by atoms with E-state index in [1.807, 2.05) is 0 Å². The van der Waals surface area contributed by atoms with Crippen LogP contribution in [0.4, 0.5) is 0 Å². The predicted molar refractivity (Wildman–Crippen MR) is 101 cm³/mol. The molecule has 8 heteroatoms. The van der Waals surface area contributed by atoms with Gasteiger partial charge in [0.05, 0.1) is 16.7 Å². The van der Waals surface area contributed by atoms with Gasteiger partial charge in [0, 0.05) is 17.6 Å². The lowest BCUT2D eigenvalue weighted by Gasteiger charge is -2.24. The van der Waals surface area contributed by atoms with Crippen molar-refractivity contribution in [2.24, 2.45) is 5.92 Å². The summed E-state index contributed by atoms with van der Waals surface area (Å²) in [5.41, 5.74) is 0. The van der Waals surface area contributed by atoms with Crippen LogP contribution in [0.3, 0.4) is 0 Å². The van der Waals surface area contributed by atoms with Crippen LogP contribution in [-0.2, 0) is 14.6 Å². The lowest BCUT2D eigenvalue weighted by Crippen LogP contribution is -2.44. The third-order valence-corrected chi connectivity index (χ3v) is 7.01. The van der Waals surface area contributed by atoms with E-state index in [1.54, 1.807) is 12.1 Å². The molecule has 3 unspecified atom stereocenters. The molecular weight excluding hydrogens is 383 g/mol. The minimum Gasteiger partial charge on any atom is -0.354 e. The number of sulfone groups is 1. The normalized spacial score (nSPS) is 25.7. The van der Waals surface area contributed by atoms with E-state index in [-0.39, 0.29) is 41.5 Å². The Kier molecular flexibility index (Phi) is 7.14. The fourth-order valence-corrected chi connectivity index (χ4v) is 5.00. The van der Waals surface area contributed by atoms with E-state index in [1.165, 1.54) is 31.4 Å². The van der Waals surface area contributed by atoms with Gasteiger partial charge in [0.15, 0.2) is 9.84 Å². The molecule has 1 aromatic rings. The Bertz CT molecular complexity index is 680. The molecule has 0 bridgehead atoms.